The number of anilines is 2. The standard InChI is InChI=1S/C35H31ClF2N2O5S/c1-35(2)18-28-34(46(43,44)20-35)33(25-14-13-24(17-27(25)38)45-19-21-7-4-3-5-8-21)40(29-9-6-10-30(41)32(29)39-28)31(42)15-22-11-12-23(37)16-26(22)36/h3-14,16-17,33,39,41H,15,18-20H2,1-2H3/t33-/m0/s1. The van der Waals surface area contributed by atoms with Crippen LogP contribution in [0.5, 0.6) is 11.5 Å². The quantitative estimate of drug-likeness (QED) is 0.205. The minimum Gasteiger partial charge on any atom is -0.506 e. The third kappa shape index (κ3) is 6.19. The average molecular weight is 665 g/mol. The third-order valence-electron chi connectivity index (χ3n) is 8.07. The summed E-state index contributed by atoms with van der Waals surface area (Å²) in [5.74, 6) is -2.28. The molecule has 0 radical (unpaired) electrons. The van der Waals surface area contributed by atoms with Gasteiger partial charge in [-0.15, -0.1) is 0 Å². The van der Waals surface area contributed by atoms with Gasteiger partial charge in [0.25, 0.3) is 0 Å². The minimum absolute atomic E-state index is 0.00650. The predicted molar refractivity (Wildman–Crippen MR) is 173 cm³/mol. The van der Waals surface area contributed by atoms with Crippen molar-refractivity contribution < 1.29 is 31.8 Å². The number of allylic oxidation sites excluding steroid dienone is 1. The highest BCUT2D eigenvalue weighted by Crippen LogP contribution is 2.51. The molecule has 0 aliphatic carbocycles. The number of ether oxygens (including phenoxy) is 1. The maximum Gasteiger partial charge on any atom is 0.232 e. The second-order valence-electron chi connectivity index (χ2n) is 12.3. The van der Waals surface area contributed by atoms with Gasteiger partial charge in [-0.25, -0.2) is 17.2 Å². The molecule has 0 spiro atoms. The predicted octanol–water partition coefficient (Wildman–Crippen LogP) is 7.70. The molecule has 11 heteroatoms. The number of para-hydroxylation sites is 1. The van der Waals surface area contributed by atoms with Crippen molar-refractivity contribution in [2.24, 2.45) is 5.41 Å². The lowest BCUT2D eigenvalue weighted by Crippen LogP contribution is -2.42. The van der Waals surface area contributed by atoms with Crippen LogP contribution >= 0.6 is 11.6 Å². The van der Waals surface area contributed by atoms with Gasteiger partial charge in [0.2, 0.25) is 5.91 Å². The van der Waals surface area contributed by atoms with E-state index in [1.165, 1.54) is 41.3 Å². The summed E-state index contributed by atoms with van der Waals surface area (Å²) in [6.45, 7) is 3.79. The fourth-order valence-corrected chi connectivity index (χ4v) is 8.73. The molecule has 0 bridgehead atoms. The van der Waals surface area contributed by atoms with Crippen LogP contribution in [0.25, 0.3) is 0 Å². The zero-order chi connectivity index (χ0) is 32.8. The zero-order valence-electron chi connectivity index (χ0n) is 25.1. The van der Waals surface area contributed by atoms with E-state index < -0.39 is 38.8 Å². The Morgan fingerprint density at radius 1 is 1.04 bits per heavy atom. The highest BCUT2D eigenvalue weighted by atomic mass is 35.5. The fourth-order valence-electron chi connectivity index (χ4n) is 6.13. The topological polar surface area (TPSA) is 95.9 Å². The number of hydrogen-bond donors (Lipinski definition) is 2. The van der Waals surface area contributed by atoms with E-state index in [0.29, 0.717) is 0 Å². The number of aromatic hydroxyl groups is 1. The Balaban J connectivity index is 1.53. The lowest BCUT2D eigenvalue weighted by atomic mass is 9.88. The van der Waals surface area contributed by atoms with Crippen LogP contribution in [0.2, 0.25) is 5.02 Å². The summed E-state index contributed by atoms with van der Waals surface area (Å²) in [5, 5.41) is 14.1. The third-order valence-corrected chi connectivity index (χ3v) is 10.7. The van der Waals surface area contributed by atoms with Crippen LogP contribution in [0.15, 0.2) is 95.5 Å². The Morgan fingerprint density at radius 3 is 2.52 bits per heavy atom. The normalized spacial score (nSPS) is 18.2. The smallest absolute Gasteiger partial charge is 0.232 e. The molecule has 238 valence electrons. The number of sulfone groups is 1. The van der Waals surface area contributed by atoms with Crippen LogP contribution in [-0.2, 0) is 27.7 Å². The van der Waals surface area contributed by atoms with Crippen molar-refractivity contribution in [1.82, 2.24) is 0 Å². The van der Waals surface area contributed by atoms with Gasteiger partial charge in [-0.05, 0) is 59.4 Å². The van der Waals surface area contributed by atoms with E-state index in [4.69, 9.17) is 16.3 Å². The molecular formula is C35H31ClF2N2O5S. The molecule has 7 nitrogen and oxygen atoms in total. The molecule has 1 atom stereocenters. The molecule has 46 heavy (non-hydrogen) atoms. The first kappa shape index (κ1) is 31.6. The SMILES string of the molecule is CC1(C)CC2=C([C@H](c3ccc(OCc4ccccc4)cc3F)N(C(=O)Cc3ccc(F)cc3Cl)c3cccc(O)c3N2)S(=O)(=O)C1. The highest BCUT2D eigenvalue weighted by molar-refractivity contribution is 7.95. The van der Waals surface area contributed by atoms with Crippen LogP contribution in [-0.4, -0.2) is 25.2 Å². The van der Waals surface area contributed by atoms with Crippen LogP contribution in [0.1, 0.15) is 43.0 Å². The second kappa shape index (κ2) is 12.1. The van der Waals surface area contributed by atoms with E-state index in [9.17, 15) is 22.7 Å². The molecule has 0 aromatic heterocycles. The molecule has 2 heterocycles. The molecule has 4 aromatic rings. The second-order valence-corrected chi connectivity index (χ2v) is 14.6. The number of carbonyl (C=O) groups excluding carboxylic acids is 1. The largest absolute Gasteiger partial charge is 0.506 e. The molecule has 6 rings (SSSR count). The molecule has 0 saturated heterocycles. The zero-order valence-corrected chi connectivity index (χ0v) is 26.6. The van der Waals surface area contributed by atoms with Gasteiger partial charge in [0.05, 0.1) is 22.8 Å². The van der Waals surface area contributed by atoms with Crippen molar-refractivity contribution >= 4 is 38.7 Å². The van der Waals surface area contributed by atoms with Gasteiger partial charge in [-0.2, -0.15) is 0 Å². The number of hydrogen-bond acceptors (Lipinski definition) is 6. The number of nitrogens with zero attached hydrogens (tertiary/aromatic N) is 1. The summed E-state index contributed by atoms with van der Waals surface area (Å²) in [4.78, 5) is 15.4. The van der Waals surface area contributed by atoms with Crippen LogP contribution in [0.3, 0.4) is 0 Å². The number of phenolic OH excluding ortho intramolecular Hbond substituents is 1. The first-order valence-electron chi connectivity index (χ1n) is 14.6. The van der Waals surface area contributed by atoms with E-state index in [-0.39, 0.29) is 74.8 Å². The maximum atomic E-state index is 16.3. The summed E-state index contributed by atoms with van der Waals surface area (Å²) >= 11 is 6.29. The number of carbonyl (C=O) groups is 1. The first-order valence-corrected chi connectivity index (χ1v) is 16.6. The van der Waals surface area contributed by atoms with E-state index >= 15 is 4.39 Å². The van der Waals surface area contributed by atoms with Crippen molar-refractivity contribution in [1.29, 1.82) is 0 Å². The van der Waals surface area contributed by atoms with Gasteiger partial charge >= 0.3 is 0 Å². The van der Waals surface area contributed by atoms with E-state index in [1.54, 1.807) is 19.9 Å². The maximum absolute atomic E-state index is 16.3. The number of phenols is 1. The Bertz CT molecular complexity index is 1980. The monoisotopic (exact) mass is 664 g/mol. The summed E-state index contributed by atoms with van der Waals surface area (Å²) in [6.07, 6.45) is -0.115. The van der Waals surface area contributed by atoms with Gasteiger partial charge < -0.3 is 15.2 Å². The molecular weight excluding hydrogens is 634 g/mol. The number of benzene rings is 4. The Labute approximate surface area is 271 Å². The lowest BCUT2D eigenvalue weighted by molar-refractivity contribution is -0.118. The van der Waals surface area contributed by atoms with Gasteiger partial charge in [-0.3, -0.25) is 9.69 Å². The number of rotatable bonds is 6. The van der Waals surface area contributed by atoms with E-state index in [0.717, 1.165) is 17.7 Å². The molecule has 4 aromatic carbocycles. The van der Waals surface area contributed by atoms with Crippen molar-refractivity contribution in [3.63, 3.8) is 0 Å². The average Bonchev–Trinajstić information content (AvgIpc) is 3.13. The number of halogens is 3. The number of nitrogens with one attached hydrogen (secondary N) is 1. The number of fused-ring (bicyclic) bond motifs is 1. The van der Waals surface area contributed by atoms with Gasteiger partial charge in [0.15, 0.2) is 9.84 Å². The van der Waals surface area contributed by atoms with Crippen molar-refractivity contribution in [2.45, 2.75) is 39.3 Å². The Hall–Kier alpha value is -4.41. The fraction of sp³-hybridized carbons (Fsp3) is 0.229. The summed E-state index contributed by atoms with van der Waals surface area (Å²) < 4.78 is 64.3. The highest BCUT2D eigenvalue weighted by Gasteiger charge is 2.47. The molecule has 2 aliphatic heterocycles. The van der Waals surface area contributed by atoms with E-state index in [2.05, 4.69) is 5.32 Å². The van der Waals surface area contributed by atoms with Crippen LogP contribution < -0.4 is 15.0 Å². The Morgan fingerprint density at radius 2 is 1.80 bits per heavy atom. The van der Waals surface area contributed by atoms with Gasteiger partial charge in [0.1, 0.15) is 41.5 Å². The van der Waals surface area contributed by atoms with Crippen LogP contribution in [0.4, 0.5) is 20.2 Å². The minimum atomic E-state index is -4.10. The van der Waals surface area contributed by atoms with Crippen molar-refractivity contribution in [3.05, 3.63) is 129 Å². The molecule has 0 fully saturated rings. The van der Waals surface area contributed by atoms with Crippen molar-refractivity contribution in [2.75, 3.05) is 16.0 Å². The van der Waals surface area contributed by atoms with Gasteiger partial charge in [-0.1, -0.05) is 67.9 Å². The lowest BCUT2D eigenvalue weighted by Gasteiger charge is -2.37. The molecule has 0 saturated carbocycles. The molecule has 1 amide bonds. The number of amides is 1. The summed E-state index contributed by atoms with van der Waals surface area (Å²) in [7, 11) is -4.10. The van der Waals surface area contributed by atoms with E-state index in [1.807, 2.05) is 30.3 Å². The first-order chi connectivity index (χ1) is 21.8. The Kier molecular flexibility index (Phi) is 8.29. The molecule has 0 unspecified atom stereocenters. The van der Waals surface area contributed by atoms with Crippen LogP contribution in [0, 0.1) is 17.0 Å². The molecule has 2 aliphatic rings. The summed E-state index contributed by atoms with van der Waals surface area (Å²) in [6, 6.07) is 20.1. The van der Waals surface area contributed by atoms with Crippen molar-refractivity contribution in [3.8, 4) is 11.5 Å². The summed E-state index contributed by atoms with van der Waals surface area (Å²) in [5.41, 5.74) is 0.876. The molecule has 2 N–H and O–H groups in total. The van der Waals surface area contributed by atoms with Gasteiger partial charge in [0, 0.05) is 22.3 Å².